The maximum atomic E-state index is 12.2. The number of likely N-dealkylation sites (tertiary alicyclic amines) is 1. The minimum Gasteiger partial charge on any atom is -0.386 e. The van der Waals surface area contributed by atoms with Gasteiger partial charge in [-0.2, -0.15) is 0 Å². The van der Waals surface area contributed by atoms with Crippen molar-refractivity contribution in [3.05, 3.63) is 0 Å². The predicted octanol–water partition coefficient (Wildman–Crippen LogP) is 0.345. The molecule has 0 spiro atoms. The summed E-state index contributed by atoms with van der Waals surface area (Å²) in [7, 11) is 0. The molecule has 1 heterocycles. The number of hydrogen-bond acceptors (Lipinski definition) is 3. The van der Waals surface area contributed by atoms with Crippen LogP contribution in [0.15, 0.2) is 0 Å². The molecule has 88 valence electrons. The van der Waals surface area contributed by atoms with Crippen molar-refractivity contribution in [2.24, 2.45) is 11.1 Å². The van der Waals surface area contributed by atoms with Crippen LogP contribution in [0.3, 0.4) is 0 Å². The Hall–Kier alpha value is -0.610. The van der Waals surface area contributed by atoms with Crippen LogP contribution in [0.1, 0.15) is 33.6 Å². The molecule has 0 aliphatic carbocycles. The van der Waals surface area contributed by atoms with Crippen molar-refractivity contribution in [1.29, 1.82) is 0 Å². The van der Waals surface area contributed by atoms with Crippen molar-refractivity contribution in [3.63, 3.8) is 0 Å². The molecule has 1 saturated heterocycles. The third-order valence-electron chi connectivity index (χ3n) is 3.55. The largest absolute Gasteiger partial charge is 0.386 e. The molecule has 0 unspecified atom stereocenters. The van der Waals surface area contributed by atoms with Gasteiger partial charge in [-0.25, -0.2) is 0 Å². The van der Waals surface area contributed by atoms with Crippen molar-refractivity contribution < 1.29 is 9.90 Å². The third kappa shape index (κ3) is 2.16. The van der Waals surface area contributed by atoms with Gasteiger partial charge >= 0.3 is 0 Å². The van der Waals surface area contributed by atoms with Crippen molar-refractivity contribution in [2.45, 2.75) is 39.2 Å². The van der Waals surface area contributed by atoms with Gasteiger partial charge in [0.05, 0.1) is 24.1 Å². The third-order valence-corrected chi connectivity index (χ3v) is 3.55. The first-order valence-corrected chi connectivity index (χ1v) is 5.62. The van der Waals surface area contributed by atoms with Gasteiger partial charge in [-0.3, -0.25) is 4.79 Å². The summed E-state index contributed by atoms with van der Waals surface area (Å²) in [6.07, 6.45) is 1.52. The number of carbonyl (C=O) groups excluding carboxylic acids is 1. The van der Waals surface area contributed by atoms with E-state index >= 15 is 0 Å². The molecular weight excluding hydrogens is 192 g/mol. The Kier molecular flexibility index (Phi) is 3.41. The average molecular weight is 214 g/mol. The maximum Gasteiger partial charge on any atom is 0.230 e. The van der Waals surface area contributed by atoms with Gasteiger partial charge in [0.2, 0.25) is 5.91 Å². The number of hydrogen-bond donors (Lipinski definition) is 2. The summed E-state index contributed by atoms with van der Waals surface area (Å²) >= 11 is 0. The molecule has 4 nitrogen and oxygen atoms in total. The summed E-state index contributed by atoms with van der Waals surface area (Å²) in [6.45, 7) is 7.00. The zero-order valence-electron chi connectivity index (χ0n) is 9.92. The second kappa shape index (κ2) is 4.10. The SMILES string of the molecule is CCC(CC)(CN)C(=O)N1CC(C)(O)C1. The van der Waals surface area contributed by atoms with Crippen LogP contribution in [0.5, 0.6) is 0 Å². The summed E-state index contributed by atoms with van der Waals surface area (Å²) in [6, 6.07) is 0. The van der Waals surface area contributed by atoms with E-state index in [9.17, 15) is 9.90 Å². The van der Waals surface area contributed by atoms with E-state index in [4.69, 9.17) is 5.73 Å². The summed E-state index contributed by atoms with van der Waals surface area (Å²) in [5.74, 6) is 0.0986. The lowest BCUT2D eigenvalue weighted by Gasteiger charge is -2.48. The van der Waals surface area contributed by atoms with Crippen molar-refractivity contribution in [2.75, 3.05) is 19.6 Å². The molecule has 0 aromatic rings. The molecule has 1 fully saturated rings. The quantitative estimate of drug-likeness (QED) is 0.709. The molecule has 15 heavy (non-hydrogen) atoms. The summed E-state index contributed by atoms with van der Waals surface area (Å²) < 4.78 is 0. The van der Waals surface area contributed by atoms with Gasteiger partial charge in [-0.05, 0) is 19.8 Å². The minimum absolute atomic E-state index is 0.0986. The Labute approximate surface area is 91.4 Å². The zero-order chi connectivity index (χ0) is 11.7. The second-order valence-corrected chi connectivity index (χ2v) is 4.85. The number of nitrogens with two attached hydrogens (primary N) is 1. The molecule has 0 atom stereocenters. The molecule has 1 aliphatic heterocycles. The summed E-state index contributed by atoms with van der Waals surface area (Å²) in [4.78, 5) is 13.9. The lowest BCUT2D eigenvalue weighted by Crippen LogP contribution is -2.65. The molecule has 0 saturated carbocycles. The fourth-order valence-corrected chi connectivity index (χ4v) is 2.18. The van der Waals surface area contributed by atoms with Gasteiger partial charge in [0.15, 0.2) is 0 Å². The van der Waals surface area contributed by atoms with Gasteiger partial charge in [0.25, 0.3) is 0 Å². The van der Waals surface area contributed by atoms with E-state index in [1.54, 1.807) is 11.8 Å². The molecule has 1 amide bonds. The van der Waals surface area contributed by atoms with Gasteiger partial charge < -0.3 is 15.7 Å². The average Bonchev–Trinajstić information content (AvgIpc) is 2.17. The Morgan fingerprint density at radius 3 is 2.20 bits per heavy atom. The predicted molar refractivity (Wildman–Crippen MR) is 59.3 cm³/mol. The molecule has 1 rings (SSSR count). The highest BCUT2D eigenvalue weighted by Crippen LogP contribution is 2.32. The van der Waals surface area contributed by atoms with E-state index in [-0.39, 0.29) is 5.91 Å². The van der Waals surface area contributed by atoms with Crippen molar-refractivity contribution >= 4 is 5.91 Å². The van der Waals surface area contributed by atoms with Crippen LogP contribution in [-0.4, -0.2) is 41.1 Å². The van der Waals surface area contributed by atoms with E-state index < -0.39 is 11.0 Å². The first kappa shape index (κ1) is 12.5. The first-order valence-electron chi connectivity index (χ1n) is 5.62. The highest BCUT2D eigenvalue weighted by molar-refractivity contribution is 5.84. The second-order valence-electron chi connectivity index (χ2n) is 4.85. The molecule has 4 heteroatoms. The number of carbonyl (C=O) groups is 1. The molecule has 3 N–H and O–H groups in total. The number of amides is 1. The molecule has 0 radical (unpaired) electrons. The Balaban J connectivity index is 2.67. The Morgan fingerprint density at radius 1 is 1.47 bits per heavy atom. The molecular formula is C11H22N2O2. The smallest absolute Gasteiger partial charge is 0.230 e. The number of rotatable bonds is 4. The molecule has 0 bridgehead atoms. The van der Waals surface area contributed by atoms with E-state index in [0.717, 1.165) is 12.8 Å². The van der Waals surface area contributed by atoms with Gasteiger partial charge in [0, 0.05) is 6.54 Å². The zero-order valence-corrected chi connectivity index (χ0v) is 9.92. The van der Waals surface area contributed by atoms with Crippen LogP contribution in [0.4, 0.5) is 0 Å². The lowest BCUT2D eigenvalue weighted by atomic mass is 9.79. The van der Waals surface area contributed by atoms with Gasteiger partial charge in [-0.1, -0.05) is 13.8 Å². The van der Waals surface area contributed by atoms with Crippen LogP contribution < -0.4 is 5.73 Å². The van der Waals surface area contributed by atoms with Crippen molar-refractivity contribution in [1.82, 2.24) is 4.90 Å². The first-order chi connectivity index (χ1) is 6.90. The lowest BCUT2D eigenvalue weighted by molar-refractivity contribution is -0.163. The van der Waals surface area contributed by atoms with Crippen LogP contribution in [-0.2, 0) is 4.79 Å². The summed E-state index contributed by atoms with van der Waals surface area (Å²) in [5, 5.41) is 9.59. The van der Waals surface area contributed by atoms with E-state index in [0.29, 0.717) is 19.6 Å². The maximum absolute atomic E-state index is 12.2. The number of nitrogens with zero attached hydrogens (tertiary/aromatic N) is 1. The Bertz CT molecular complexity index is 231. The van der Waals surface area contributed by atoms with Crippen molar-refractivity contribution in [3.8, 4) is 0 Å². The standard InChI is InChI=1S/C11H22N2O2/c1-4-11(5-2,6-12)9(14)13-7-10(3,15)8-13/h15H,4-8,12H2,1-3H3. The summed E-state index contributed by atoms with van der Waals surface area (Å²) in [5.41, 5.74) is 4.59. The van der Waals surface area contributed by atoms with Crippen LogP contribution >= 0.6 is 0 Å². The number of aliphatic hydroxyl groups is 1. The minimum atomic E-state index is -0.697. The molecule has 1 aliphatic rings. The molecule has 0 aromatic heterocycles. The highest BCUT2D eigenvalue weighted by Gasteiger charge is 2.45. The fourth-order valence-electron chi connectivity index (χ4n) is 2.18. The van der Waals surface area contributed by atoms with Gasteiger partial charge in [-0.15, -0.1) is 0 Å². The topological polar surface area (TPSA) is 66.6 Å². The highest BCUT2D eigenvalue weighted by atomic mass is 16.3. The van der Waals surface area contributed by atoms with E-state index in [2.05, 4.69) is 0 Å². The molecule has 0 aromatic carbocycles. The van der Waals surface area contributed by atoms with Crippen LogP contribution in [0.2, 0.25) is 0 Å². The fraction of sp³-hybridized carbons (Fsp3) is 0.909. The van der Waals surface area contributed by atoms with E-state index in [1.807, 2.05) is 13.8 Å². The van der Waals surface area contributed by atoms with Gasteiger partial charge in [0.1, 0.15) is 0 Å². The number of β-amino-alcohol motifs (C(OH)–C–C–N with tert-alkyl or cyclic N) is 1. The normalized spacial score (nSPS) is 19.9. The Morgan fingerprint density at radius 2 is 1.93 bits per heavy atom. The van der Waals surface area contributed by atoms with Crippen LogP contribution in [0.25, 0.3) is 0 Å². The van der Waals surface area contributed by atoms with Crippen LogP contribution in [0, 0.1) is 5.41 Å². The monoisotopic (exact) mass is 214 g/mol. The van der Waals surface area contributed by atoms with E-state index in [1.165, 1.54) is 0 Å².